The first-order chi connectivity index (χ1) is 29.4. The molecule has 1 unspecified atom stereocenters. The Kier molecular flexibility index (Phi) is 46.0. The van der Waals surface area contributed by atoms with Crippen molar-refractivity contribution in [3.63, 3.8) is 0 Å². The summed E-state index contributed by atoms with van der Waals surface area (Å²) >= 11 is 0. The Morgan fingerprint density at radius 2 is 1.59 bits per heavy atom. The largest absolute Gasteiger partial charge is 1.00 e. The van der Waals surface area contributed by atoms with Crippen molar-refractivity contribution >= 4 is 33.0 Å². The second kappa shape index (κ2) is 42.2. The number of nitrogens with zero attached hydrogens (tertiary/aromatic N) is 3. The Balaban J connectivity index is -0.000000628. The Labute approximate surface area is 420 Å². The molecule has 0 spiro atoms. The van der Waals surface area contributed by atoms with Crippen molar-refractivity contribution in [1.29, 1.82) is 5.26 Å². The molecule has 2 bridgehead atoms. The van der Waals surface area contributed by atoms with Crippen molar-refractivity contribution in [2.45, 2.75) is 181 Å². The summed E-state index contributed by atoms with van der Waals surface area (Å²) in [7, 11) is 4.34. The zero-order valence-corrected chi connectivity index (χ0v) is 44.5. The smallest absolute Gasteiger partial charge is 0.512 e. The van der Waals surface area contributed by atoms with E-state index >= 15 is 0 Å². The molecule has 16 heteroatoms. The zero-order valence-electron chi connectivity index (χ0n) is 41.6. The minimum atomic E-state index is -0.736. The van der Waals surface area contributed by atoms with Crippen LogP contribution in [0, 0.1) is 52.8 Å². The van der Waals surface area contributed by atoms with Crippen LogP contribution in [-0.4, -0.2) is 116 Å². The summed E-state index contributed by atoms with van der Waals surface area (Å²) in [4.78, 5) is 32.0. The first kappa shape index (κ1) is 69.7. The van der Waals surface area contributed by atoms with E-state index in [0.29, 0.717) is 42.7 Å². The molecule has 4 saturated carbocycles. The Hall–Kier alpha value is -0.895. The molecule has 0 aromatic carbocycles. The van der Waals surface area contributed by atoms with Gasteiger partial charge in [-0.1, -0.05) is 104 Å². The topological polar surface area (TPSA) is 205 Å². The van der Waals surface area contributed by atoms with Gasteiger partial charge in [-0.05, 0) is 127 Å². The average Bonchev–Trinajstić information content (AvgIpc) is 3.65. The number of carbonyl (C=O) groups excluding carboxylic acids is 2. The maximum absolute atomic E-state index is 13.8. The quantitative estimate of drug-likeness (QED) is 0.0181. The van der Waals surface area contributed by atoms with Gasteiger partial charge in [0.2, 0.25) is 5.91 Å². The predicted molar refractivity (Wildman–Crippen MR) is 258 cm³/mol. The number of aldehydes is 1. The third-order valence-corrected chi connectivity index (χ3v) is 13.6. The van der Waals surface area contributed by atoms with E-state index < -0.39 is 24.2 Å². The van der Waals surface area contributed by atoms with Crippen LogP contribution in [0.4, 0.5) is 0 Å². The fraction of sp³-hybridized carbons (Fsp3) is 0.854. The van der Waals surface area contributed by atoms with Crippen molar-refractivity contribution in [2.75, 3.05) is 40.3 Å². The fourth-order valence-electron chi connectivity index (χ4n) is 9.99. The second-order valence-corrected chi connectivity index (χ2v) is 18.5. The molecule has 3 radical (unpaired) electrons. The number of aliphatic hydroxyl groups excluding tert-OH is 2. The molecular weight excluding hydrogens is 842 g/mol. The van der Waals surface area contributed by atoms with Crippen molar-refractivity contribution in [3.8, 4) is 0 Å². The van der Waals surface area contributed by atoms with Crippen LogP contribution in [0.15, 0.2) is 24.3 Å². The van der Waals surface area contributed by atoms with Crippen LogP contribution < -0.4 is 46.3 Å². The monoisotopic (exact) mass is 934 g/mol. The van der Waals surface area contributed by atoms with E-state index in [-0.39, 0.29) is 68.9 Å². The number of halogens is 1. The first-order valence-corrected chi connectivity index (χ1v) is 23.6. The van der Waals surface area contributed by atoms with Gasteiger partial charge in [0.25, 0.3) is 0 Å². The van der Waals surface area contributed by atoms with E-state index in [1.165, 1.54) is 57.8 Å². The molecule has 0 aromatic heterocycles. The number of allylic oxidation sites excluding steroid dienone is 4. The van der Waals surface area contributed by atoms with E-state index in [1.807, 2.05) is 11.1 Å². The SMILES string of the molecule is CC/C=C\CCC=O.CC/C=C\CCCNO.C[C@@H]1[C@@H](NC(=O)[C@@H]2[C@H]([C@H](C)O)[C@H](CO)ON2CCCCC(CCN(C)C)CC2CCCCC2)C[C@H]2C[C@@H]1C2(C)C.Cl.NO.[B].[C-]#N.[Na+]. The molecule has 8 N–H and O–H groups in total. The molecule has 4 aliphatic carbocycles. The molecule has 1 saturated heterocycles. The molecule has 0 aromatic rings. The number of hydroxylamine groups is 3. The maximum Gasteiger partial charge on any atom is 1.00 e. The maximum atomic E-state index is 13.8. The minimum absolute atomic E-state index is 0. The number of nitrogens with two attached hydrogens (primary N) is 1. The van der Waals surface area contributed by atoms with Gasteiger partial charge in [0.15, 0.2) is 0 Å². The Morgan fingerprint density at radius 3 is 2.09 bits per heavy atom. The number of fused-ring (bicyclic) bond motifs is 2. The van der Waals surface area contributed by atoms with Crippen LogP contribution >= 0.6 is 12.4 Å². The van der Waals surface area contributed by atoms with Crippen LogP contribution in [-0.2, 0) is 14.4 Å². The molecule has 5 fully saturated rings. The number of aliphatic hydroxyl groups is 2. The number of rotatable bonds is 23. The Morgan fingerprint density at radius 1 is 0.984 bits per heavy atom. The second-order valence-electron chi connectivity index (χ2n) is 18.5. The van der Waals surface area contributed by atoms with Gasteiger partial charge < -0.3 is 47.5 Å². The van der Waals surface area contributed by atoms with Crippen molar-refractivity contribution in [2.24, 2.45) is 46.8 Å². The molecule has 13 nitrogen and oxygen atoms in total. The summed E-state index contributed by atoms with van der Waals surface area (Å²) in [6.07, 6.45) is 29.0. The van der Waals surface area contributed by atoms with Gasteiger partial charge in [-0.2, -0.15) is 5.06 Å². The molecule has 367 valence electrons. The number of unbranched alkanes of at least 4 members (excludes halogenated alkanes) is 3. The molecule has 1 aliphatic heterocycles. The van der Waals surface area contributed by atoms with Gasteiger partial charge in [-0.15, -0.1) is 12.4 Å². The van der Waals surface area contributed by atoms with Crippen LogP contribution in [0.2, 0.25) is 0 Å². The summed E-state index contributed by atoms with van der Waals surface area (Å²) in [6, 6.07) is -0.395. The number of hydrogen-bond donors (Lipinski definition) is 7. The normalized spacial score (nSPS) is 25.3. The standard InChI is InChI=1S/C33H61N3O4.C7H15NO.C7H12O.CN.B.ClH.H3NO.Na/c1-22-27-19-26(33(27,3)4)20-28(22)34-32(39)31-30(23(2)38)29(21-37)40-36(31)16-11-10-14-25(15-17-35(5)6)18-24-12-8-7-9-13-24;1-2-3-4-5-6-7-8-9;1-2-3-4-5-6-7-8;1-2;;;1-2;/h22-31,37-38H,7-21H2,1-6H3,(H,34,39);3-4,8-9H,2,5-7H2,1H3;3-4,7H,2,5-6H2,1H3;;;1H;2H,1H2;/q;;;-1;;;;+1/b;2*4-3-;;;;;/t22-,23-,25?,26+,27-,28-,29-,30+,31-;;;;;;;/m0......./s1. The van der Waals surface area contributed by atoms with Gasteiger partial charge in [0.05, 0.1) is 12.7 Å². The zero-order chi connectivity index (χ0) is 46.2. The molecule has 64 heavy (non-hydrogen) atoms. The van der Waals surface area contributed by atoms with E-state index in [2.05, 4.69) is 88.5 Å². The van der Waals surface area contributed by atoms with Crippen LogP contribution in [0.3, 0.4) is 0 Å². The van der Waals surface area contributed by atoms with Crippen molar-refractivity contribution < 1.29 is 64.6 Å². The van der Waals surface area contributed by atoms with E-state index in [1.54, 1.807) is 6.92 Å². The summed E-state index contributed by atoms with van der Waals surface area (Å²) in [5.74, 6) is 6.44. The molecular formula is C48H92BClN6NaO7. The summed E-state index contributed by atoms with van der Waals surface area (Å²) in [6.45, 7) is 20.0. The van der Waals surface area contributed by atoms with Crippen LogP contribution in [0.5, 0.6) is 0 Å². The third-order valence-electron chi connectivity index (χ3n) is 13.6. The van der Waals surface area contributed by atoms with E-state index in [4.69, 9.17) is 27.1 Å². The molecule has 5 aliphatic rings. The average molecular weight is 935 g/mol. The van der Waals surface area contributed by atoms with Crippen molar-refractivity contribution in [1.82, 2.24) is 20.8 Å². The van der Waals surface area contributed by atoms with Crippen LogP contribution in [0.25, 0.3) is 0 Å². The first-order valence-electron chi connectivity index (χ1n) is 23.6. The third kappa shape index (κ3) is 26.0. The molecule has 1 amide bonds. The Bertz CT molecular complexity index is 1200. The summed E-state index contributed by atoms with van der Waals surface area (Å²) in [5, 5.41) is 46.8. The molecule has 5 rings (SSSR count). The fourth-order valence-corrected chi connectivity index (χ4v) is 9.99. The van der Waals surface area contributed by atoms with Gasteiger partial charge >= 0.3 is 29.6 Å². The number of amides is 1. The summed E-state index contributed by atoms with van der Waals surface area (Å²) in [5.41, 5.74) is 2.48. The van der Waals surface area contributed by atoms with Gasteiger partial charge in [0.1, 0.15) is 18.4 Å². The van der Waals surface area contributed by atoms with E-state index in [9.17, 15) is 19.8 Å². The van der Waals surface area contributed by atoms with Crippen molar-refractivity contribution in [3.05, 3.63) is 30.9 Å². The van der Waals surface area contributed by atoms with Gasteiger partial charge in [0, 0.05) is 39.9 Å². The predicted octanol–water partition coefficient (Wildman–Crippen LogP) is 4.97. The van der Waals surface area contributed by atoms with Crippen LogP contribution in [0.1, 0.15) is 157 Å². The molecule has 9 atom stereocenters. The molecule has 1 heterocycles. The summed E-state index contributed by atoms with van der Waals surface area (Å²) < 4.78 is 0. The van der Waals surface area contributed by atoms with E-state index in [0.717, 1.165) is 76.0 Å². The number of nitrogens with one attached hydrogen (secondary N) is 2. The minimum Gasteiger partial charge on any atom is -0.512 e. The van der Waals surface area contributed by atoms with Gasteiger partial charge in [-0.25, -0.2) is 11.4 Å². The number of carbonyl (C=O) groups is 2. The van der Waals surface area contributed by atoms with Gasteiger partial charge in [-0.3, -0.25) is 9.63 Å². The number of hydrogen-bond acceptors (Lipinski definition) is 12.